The number of benzene rings is 1. The van der Waals surface area contributed by atoms with Crippen molar-refractivity contribution < 1.29 is 18.8 Å². The molecule has 3 heterocycles. The summed E-state index contributed by atoms with van der Waals surface area (Å²) in [5, 5.41) is 4.12. The lowest BCUT2D eigenvalue weighted by Crippen LogP contribution is -2.50. The van der Waals surface area contributed by atoms with Crippen LogP contribution >= 0.6 is 0 Å². The number of hydrogen-bond donors (Lipinski definition) is 0. The minimum Gasteiger partial charge on any atom is -0.493 e. The zero-order valence-corrected chi connectivity index (χ0v) is 18.4. The van der Waals surface area contributed by atoms with Crippen LogP contribution in [0.2, 0.25) is 0 Å². The van der Waals surface area contributed by atoms with E-state index in [-0.39, 0.29) is 5.91 Å². The van der Waals surface area contributed by atoms with E-state index >= 15 is 0 Å². The lowest BCUT2D eigenvalue weighted by Gasteiger charge is -2.35. The summed E-state index contributed by atoms with van der Waals surface area (Å²) in [6.07, 6.45) is 3.51. The SMILES string of the molecule is COc1ccc(-c2noc(CN3CCN(CC(=O)N4CCCCC4)CC3)n2)cc1OC. The Morgan fingerprint density at radius 3 is 2.39 bits per heavy atom. The summed E-state index contributed by atoms with van der Waals surface area (Å²) in [4.78, 5) is 23.6. The number of methoxy groups -OCH3 is 2. The number of nitrogens with zero attached hydrogens (tertiary/aromatic N) is 5. The number of aromatic nitrogens is 2. The molecule has 168 valence electrons. The minimum absolute atomic E-state index is 0.268. The Labute approximate surface area is 182 Å². The van der Waals surface area contributed by atoms with Crippen molar-refractivity contribution >= 4 is 5.91 Å². The highest BCUT2D eigenvalue weighted by atomic mass is 16.5. The highest BCUT2D eigenvalue weighted by molar-refractivity contribution is 5.78. The molecular formula is C22H31N5O4. The second-order valence-electron chi connectivity index (χ2n) is 8.08. The molecular weight excluding hydrogens is 398 g/mol. The molecule has 0 saturated carbocycles. The summed E-state index contributed by atoms with van der Waals surface area (Å²) < 4.78 is 16.1. The van der Waals surface area contributed by atoms with Gasteiger partial charge >= 0.3 is 0 Å². The van der Waals surface area contributed by atoms with Crippen molar-refractivity contribution in [2.75, 3.05) is 60.0 Å². The van der Waals surface area contributed by atoms with Crippen LogP contribution in [0.15, 0.2) is 22.7 Å². The molecule has 0 bridgehead atoms. The molecule has 1 aromatic carbocycles. The summed E-state index contributed by atoms with van der Waals surface area (Å²) in [6.45, 7) is 6.46. The van der Waals surface area contributed by atoms with Crippen molar-refractivity contribution in [3.8, 4) is 22.9 Å². The average Bonchev–Trinajstić information content (AvgIpc) is 3.29. The predicted octanol–water partition coefficient (Wildman–Crippen LogP) is 1.88. The van der Waals surface area contributed by atoms with Gasteiger partial charge in [0.15, 0.2) is 11.5 Å². The molecule has 0 N–H and O–H groups in total. The molecule has 4 rings (SSSR count). The van der Waals surface area contributed by atoms with Crippen molar-refractivity contribution in [2.45, 2.75) is 25.8 Å². The Bertz CT molecular complexity index is 873. The highest BCUT2D eigenvalue weighted by Gasteiger charge is 2.24. The van der Waals surface area contributed by atoms with Crippen LogP contribution in [0.25, 0.3) is 11.4 Å². The molecule has 2 aromatic rings. The summed E-state index contributed by atoms with van der Waals surface area (Å²) in [7, 11) is 3.20. The fraction of sp³-hybridized carbons (Fsp3) is 0.591. The first-order valence-corrected chi connectivity index (χ1v) is 10.9. The summed E-state index contributed by atoms with van der Waals surface area (Å²) >= 11 is 0. The number of ether oxygens (including phenoxy) is 2. The van der Waals surface area contributed by atoms with Crippen LogP contribution in [0.5, 0.6) is 11.5 Å². The third kappa shape index (κ3) is 5.34. The van der Waals surface area contributed by atoms with Gasteiger partial charge in [0, 0.05) is 44.8 Å². The van der Waals surface area contributed by atoms with Crippen LogP contribution < -0.4 is 9.47 Å². The van der Waals surface area contributed by atoms with Crippen LogP contribution in [0, 0.1) is 0 Å². The van der Waals surface area contributed by atoms with Gasteiger partial charge in [0.25, 0.3) is 0 Å². The molecule has 0 atom stereocenters. The van der Waals surface area contributed by atoms with Crippen LogP contribution in [0.4, 0.5) is 0 Å². The first kappa shape index (κ1) is 21.6. The fourth-order valence-corrected chi connectivity index (χ4v) is 4.14. The second kappa shape index (κ2) is 10.1. The van der Waals surface area contributed by atoms with E-state index in [2.05, 4.69) is 19.9 Å². The maximum atomic E-state index is 12.5. The Morgan fingerprint density at radius 1 is 0.968 bits per heavy atom. The number of carbonyl (C=O) groups excluding carboxylic acids is 1. The van der Waals surface area contributed by atoms with E-state index in [1.165, 1.54) is 6.42 Å². The van der Waals surface area contributed by atoms with Gasteiger partial charge in [0.1, 0.15) is 0 Å². The minimum atomic E-state index is 0.268. The summed E-state index contributed by atoms with van der Waals surface area (Å²) in [5.41, 5.74) is 0.814. The zero-order chi connectivity index (χ0) is 21.6. The molecule has 0 unspecified atom stereocenters. The van der Waals surface area contributed by atoms with E-state index in [1.807, 2.05) is 23.1 Å². The number of amides is 1. The van der Waals surface area contributed by atoms with E-state index < -0.39 is 0 Å². The Morgan fingerprint density at radius 2 is 1.68 bits per heavy atom. The monoisotopic (exact) mass is 429 g/mol. The molecule has 2 fully saturated rings. The maximum Gasteiger partial charge on any atom is 0.241 e. The second-order valence-corrected chi connectivity index (χ2v) is 8.08. The average molecular weight is 430 g/mol. The number of piperazine rings is 1. The van der Waals surface area contributed by atoms with Gasteiger partial charge in [-0.3, -0.25) is 14.6 Å². The molecule has 0 radical (unpaired) electrons. The summed E-state index contributed by atoms with van der Waals surface area (Å²) in [5.74, 6) is 2.67. The van der Waals surface area contributed by atoms with E-state index in [1.54, 1.807) is 14.2 Å². The van der Waals surface area contributed by atoms with Crippen LogP contribution in [0.3, 0.4) is 0 Å². The molecule has 1 amide bonds. The van der Waals surface area contributed by atoms with E-state index in [0.29, 0.717) is 36.3 Å². The third-order valence-corrected chi connectivity index (χ3v) is 6.00. The van der Waals surface area contributed by atoms with E-state index in [4.69, 9.17) is 14.0 Å². The zero-order valence-electron chi connectivity index (χ0n) is 18.4. The van der Waals surface area contributed by atoms with Crippen molar-refractivity contribution in [3.05, 3.63) is 24.1 Å². The van der Waals surface area contributed by atoms with E-state index in [9.17, 15) is 4.79 Å². The van der Waals surface area contributed by atoms with Crippen molar-refractivity contribution in [1.82, 2.24) is 24.8 Å². The van der Waals surface area contributed by atoms with Crippen molar-refractivity contribution in [3.63, 3.8) is 0 Å². The molecule has 9 heteroatoms. The number of carbonyl (C=O) groups is 1. The van der Waals surface area contributed by atoms with Gasteiger partial charge in [-0.15, -0.1) is 0 Å². The quantitative estimate of drug-likeness (QED) is 0.660. The standard InChI is InChI=1S/C22H31N5O4/c1-29-18-7-6-17(14-19(18)30-2)22-23-20(31-24-22)15-25-10-12-26(13-11-25)16-21(28)27-8-4-3-5-9-27/h6-7,14H,3-5,8-13,15-16H2,1-2H3. The van der Waals surface area contributed by atoms with Gasteiger partial charge in [-0.05, 0) is 37.5 Å². The maximum absolute atomic E-state index is 12.5. The van der Waals surface area contributed by atoms with Gasteiger partial charge in [-0.2, -0.15) is 4.98 Å². The van der Waals surface area contributed by atoms with E-state index in [0.717, 1.165) is 57.7 Å². The number of likely N-dealkylation sites (tertiary alicyclic amines) is 1. The molecule has 31 heavy (non-hydrogen) atoms. The lowest BCUT2D eigenvalue weighted by molar-refractivity contribution is -0.133. The lowest BCUT2D eigenvalue weighted by atomic mass is 10.1. The van der Waals surface area contributed by atoms with Gasteiger partial charge in [0.05, 0.1) is 27.3 Å². The molecule has 9 nitrogen and oxygen atoms in total. The Balaban J connectivity index is 1.28. The van der Waals surface area contributed by atoms with Gasteiger partial charge in [-0.25, -0.2) is 0 Å². The first-order chi connectivity index (χ1) is 15.2. The van der Waals surface area contributed by atoms with Crippen LogP contribution in [0.1, 0.15) is 25.2 Å². The fourth-order valence-electron chi connectivity index (χ4n) is 4.14. The normalized spacial score (nSPS) is 18.2. The molecule has 2 aliphatic heterocycles. The van der Waals surface area contributed by atoms with Crippen LogP contribution in [-0.4, -0.2) is 90.8 Å². The molecule has 2 saturated heterocycles. The van der Waals surface area contributed by atoms with Crippen molar-refractivity contribution in [2.24, 2.45) is 0 Å². The predicted molar refractivity (Wildman–Crippen MR) is 115 cm³/mol. The number of rotatable bonds is 7. The number of piperidine rings is 1. The first-order valence-electron chi connectivity index (χ1n) is 10.9. The third-order valence-electron chi connectivity index (χ3n) is 6.00. The largest absolute Gasteiger partial charge is 0.493 e. The smallest absolute Gasteiger partial charge is 0.241 e. The van der Waals surface area contributed by atoms with Gasteiger partial charge in [-0.1, -0.05) is 5.16 Å². The topological polar surface area (TPSA) is 84.2 Å². The Kier molecular flexibility index (Phi) is 7.03. The highest BCUT2D eigenvalue weighted by Crippen LogP contribution is 2.31. The number of hydrogen-bond acceptors (Lipinski definition) is 8. The molecule has 1 aromatic heterocycles. The van der Waals surface area contributed by atoms with Crippen LogP contribution in [-0.2, 0) is 11.3 Å². The molecule has 2 aliphatic rings. The van der Waals surface area contributed by atoms with Crippen molar-refractivity contribution in [1.29, 1.82) is 0 Å². The Hall–Kier alpha value is -2.65. The van der Waals surface area contributed by atoms with Gasteiger partial charge < -0.3 is 18.9 Å². The van der Waals surface area contributed by atoms with Gasteiger partial charge in [0.2, 0.25) is 17.6 Å². The molecule has 0 spiro atoms. The molecule has 0 aliphatic carbocycles. The summed E-state index contributed by atoms with van der Waals surface area (Å²) in [6, 6.07) is 5.55.